The van der Waals surface area contributed by atoms with Gasteiger partial charge in [-0.25, -0.2) is 0 Å². The number of phenols is 1. The average Bonchev–Trinajstić information content (AvgIpc) is 2.61. The summed E-state index contributed by atoms with van der Waals surface area (Å²) in [6, 6.07) is 11.1. The summed E-state index contributed by atoms with van der Waals surface area (Å²) < 4.78 is 0. The van der Waals surface area contributed by atoms with Crippen molar-refractivity contribution < 1.29 is 9.90 Å². The normalized spacial score (nSPS) is 16.2. The van der Waals surface area contributed by atoms with E-state index < -0.39 is 0 Å². The number of carbonyl (C=O) groups is 1. The fraction of sp³-hybridized carbons (Fsp3) is 0.450. The van der Waals surface area contributed by atoms with Gasteiger partial charge < -0.3 is 10.4 Å². The molecule has 24 heavy (non-hydrogen) atoms. The summed E-state index contributed by atoms with van der Waals surface area (Å²) in [4.78, 5) is 15.0. The lowest BCUT2D eigenvalue weighted by Gasteiger charge is -2.41. The van der Waals surface area contributed by atoms with Gasteiger partial charge in [0.2, 0.25) is 0 Å². The van der Waals surface area contributed by atoms with Crippen LogP contribution >= 0.6 is 0 Å². The molecule has 0 radical (unpaired) electrons. The van der Waals surface area contributed by atoms with Gasteiger partial charge in [-0.3, -0.25) is 9.69 Å². The molecule has 0 saturated carbocycles. The highest BCUT2D eigenvalue weighted by Gasteiger charge is 2.28. The molecule has 0 bridgehead atoms. The zero-order chi connectivity index (χ0) is 17.2. The maximum atomic E-state index is 12.5. The second kappa shape index (κ2) is 6.81. The molecular weight excluding hydrogens is 300 g/mol. The summed E-state index contributed by atoms with van der Waals surface area (Å²) in [5.41, 5.74) is 0.255. The number of aromatic hydroxyl groups is 1. The summed E-state index contributed by atoms with van der Waals surface area (Å²) >= 11 is 0. The standard InChI is InChI=1S/C20H26N2O2/c1-20(2,22-12-6-3-7-13-22)14-21-19(24)17-11-10-15-8-4-5-9-16(15)18(17)23/h4-5,8-11,23H,3,6-7,12-14H2,1-2H3,(H,21,24). The lowest BCUT2D eigenvalue weighted by Crippen LogP contribution is -2.53. The number of hydrogen-bond acceptors (Lipinski definition) is 3. The first-order chi connectivity index (χ1) is 11.5. The van der Waals surface area contributed by atoms with Crippen LogP contribution in [0.15, 0.2) is 36.4 Å². The largest absolute Gasteiger partial charge is 0.506 e. The van der Waals surface area contributed by atoms with Crippen molar-refractivity contribution in [3.05, 3.63) is 42.0 Å². The van der Waals surface area contributed by atoms with E-state index in [0.717, 1.165) is 18.5 Å². The monoisotopic (exact) mass is 326 g/mol. The number of fused-ring (bicyclic) bond motifs is 1. The van der Waals surface area contributed by atoms with E-state index >= 15 is 0 Å². The molecule has 1 fully saturated rings. The van der Waals surface area contributed by atoms with Gasteiger partial charge in [-0.1, -0.05) is 36.8 Å². The third-order valence-electron chi connectivity index (χ3n) is 5.04. The summed E-state index contributed by atoms with van der Waals surface area (Å²) in [6.07, 6.45) is 3.75. The highest BCUT2D eigenvalue weighted by Crippen LogP contribution is 2.28. The zero-order valence-corrected chi connectivity index (χ0v) is 14.5. The lowest BCUT2D eigenvalue weighted by molar-refractivity contribution is 0.0796. The number of rotatable bonds is 4. The van der Waals surface area contributed by atoms with Crippen LogP contribution in [0.4, 0.5) is 0 Å². The molecule has 2 aromatic rings. The van der Waals surface area contributed by atoms with Crippen LogP contribution in [0.5, 0.6) is 5.75 Å². The van der Waals surface area contributed by atoms with Crippen molar-refractivity contribution in [1.29, 1.82) is 0 Å². The highest BCUT2D eigenvalue weighted by molar-refractivity contribution is 6.03. The second-order valence-electron chi connectivity index (χ2n) is 7.23. The molecule has 4 heteroatoms. The molecule has 0 atom stereocenters. The minimum absolute atomic E-state index is 0.0568. The molecule has 0 aliphatic carbocycles. The molecule has 1 heterocycles. The lowest BCUT2D eigenvalue weighted by atomic mass is 9.98. The van der Waals surface area contributed by atoms with Crippen LogP contribution in [0.3, 0.4) is 0 Å². The molecule has 2 aromatic carbocycles. The molecular formula is C20H26N2O2. The van der Waals surface area contributed by atoms with E-state index in [1.165, 1.54) is 19.3 Å². The Morgan fingerprint density at radius 2 is 1.83 bits per heavy atom. The number of likely N-dealkylation sites (tertiary alicyclic amines) is 1. The molecule has 3 rings (SSSR count). The number of nitrogens with zero attached hydrogens (tertiary/aromatic N) is 1. The molecule has 1 aliphatic heterocycles. The van der Waals surface area contributed by atoms with Crippen molar-refractivity contribution in [2.75, 3.05) is 19.6 Å². The Balaban J connectivity index is 1.72. The number of benzene rings is 2. The van der Waals surface area contributed by atoms with E-state index in [0.29, 0.717) is 17.5 Å². The first-order valence-corrected chi connectivity index (χ1v) is 8.73. The number of piperidine rings is 1. The van der Waals surface area contributed by atoms with Crippen LogP contribution in [0.25, 0.3) is 10.8 Å². The first kappa shape index (κ1) is 16.8. The van der Waals surface area contributed by atoms with Gasteiger partial charge in [-0.15, -0.1) is 0 Å². The predicted octanol–water partition coefficient (Wildman–Crippen LogP) is 3.54. The van der Waals surface area contributed by atoms with Crippen molar-refractivity contribution >= 4 is 16.7 Å². The smallest absolute Gasteiger partial charge is 0.255 e. The van der Waals surface area contributed by atoms with Gasteiger partial charge >= 0.3 is 0 Å². The molecule has 1 amide bonds. The molecule has 0 unspecified atom stereocenters. The summed E-state index contributed by atoms with van der Waals surface area (Å²) in [7, 11) is 0. The average molecular weight is 326 g/mol. The van der Waals surface area contributed by atoms with Crippen LogP contribution in [-0.2, 0) is 0 Å². The zero-order valence-electron chi connectivity index (χ0n) is 14.5. The number of hydrogen-bond donors (Lipinski definition) is 2. The number of amides is 1. The van der Waals surface area contributed by atoms with Crippen molar-refractivity contribution in [3.63, 3.8) is 0 Å². The fourth-order valence-electron chi connectivity index (χ4n) is 3.44. The third-order valence-corrected chi connectivity index (χ3v) is 5.04. The maximum absolute atomic E-state index is 12.5. The Morgan fingerprint density at radius 1 is 1.12 bits per heavy atom. The van der Waals surface area contributed by atoms with E-state index in [1.54, 1.807) is 6.07 Å². The fourth-order valence-corrected chi connectivity index (χ4v) is 3.44. The molecule has 1 saturated heterocycles. The van der Waals surface area contributed by atoms with Gasteiger partial charge in [0.05, 0.1) is 5.56 Å². The van der Waals surface area contributed by atoms with Crippen molar-refractivity contribution in [3.8, 4) is 5.75 Å². The van der Waals surface area contributed by atoms with Crippen molar-refractivity contribution in [1.82, 2.24) is 10.2 Å². The van der Waals surface area contributed by atoms with Crippen LogP contribution < -0.4 is 5.32 Å². The van der Waals surface area contributed by atoms with E-state index in [-0.39, 0.29) is 17.2 Å². The van der Waals surface area contributed by atoms with Gasteiger partial charge in [0.1, 0.15) is 5.75 Å². The quantitative estimate of drug-likeness (QED) is 0.903. The molecule has 2 N–H and O–H groups in total. The Hall–Kier alpha value is -2.07. The molecule has 0 spiro atoms. The Labute approximate surface area is 143 Å². The minimum Gasteiger partial charge on any atom is -0.506 e. The van der Waals surface area contributed by atoms with Gasteiger partial charge in [-0.2, -0.15) is 0 Å². The Kier molecular flexibility index (Phi) is 4.76. The summed E-state index contributed by atoms with van der Waals surface area (Å²) in [5.74, 6) is -0.162. The summed E-state index contributed by atoms with van der Waals surface area (Å²) in [5, 5.41) is 15.1. The molecule has 4 nitrogen and oxygen atoms in total. The molecule has 0 aromatic heterocycles. The van der Waals surface area contributed by atoms with Crippen molar-refractivity contribution in [2.24, 2.45) is 0 Å². The minimum atomic E-state index is -0.219. The van der Waals surface area contributed by atoms with Gasteiger partial charge in [0, 0.05) is 17.5 Å². The van der Waals surface area contributed by atoms with E-state index in [9.17, 15) is 9.90 Å². The Morgan fingerprint density at radius 3 is 2.58 bits per heavy atom. The number of phenolic OH excluding ortho intramolecular Hbond substituents is 1. The number of nitrogens with one attached hydrogen (secondary N) is 1. The van der Waals surface area contributed by atoms with Gasteiger partial charge in [0.15, 0.2) is 0 Å². The topological polar surface area (TPSA) is 52.6 Å². The van der Waals surface area contributed by atoms with Crippen LogP contribution in [0, 0.1) is 0 Å². The van der Waals surface area contributed by atoms with Crippen LogP contribution in [0.2, 0.25) is 0 Å². The van der Waals surface area contributed by atoms with E-state index in [4.69, 9.17) is 0 Å². The van der Waals surface area contributed by atoms with Crippen LogP contribution in [0.1, 0.15) is 43.5 Å². The van der Waals surface area contributed by atoms with Gasteiger partial charge in [-0.05, 0) is 51.2 Å². The highest BCUT2D eigenvalue weighted by atomic mass is 16.3. The maximum Gasteiger partial charge on any atom is 0.255 e. The van der Waals surface area contributed by atoms with E-state index in [2.05, 4.69) is 24.1 Å². The SMILES string of the molecule is CC(C)(CNC(=O)c1ccc2ccccc2c1O)N1CCCCC1. The second-order valence-corrected chi connectivity index (χ2v) is 7.23. The van der Waals surface area contributed by atoms with E-state index in [1.807, 2.05) is 30.3 Å². The predicted molar refractivity (Wildman–Crippen MR) is 97.4 cm³/mol. The van der Waals surface area contributed by atoms with Crippen molar-refractivity contribution in [2.45, 2.75) is 38.6 Å². The third kappa shape index (κ3) is 3.39. The Bertz CT molecular complexity index is 733. The summed E-state index contributed by atoms with van der Waals surface area (Å²) in [6.45, 7) is 7.07. The molecule has 128 valence electrons. The van der Waals surface area contributed by atoms with Gasteiger partial charge in [0.25, 0.3) is 5.91 Å². The molecule has 1 aliphatic rings. The first-order valence-electron chi connectivity index (χ1n) is 8.73. The van der Waals surface area contributed by atoms with Crippen LogP contribution in [-0.4, -0.2) is 41.1 Å². The number of carbonyl (C=O) groups excluding carboxylic acids is 1.